The van der Waals surface area contributed by atoms with E-state index in [9.17, 15) is 4.79 Å². The Balaban J connectivity index is 2.40. The third-order valence-corrected chi connectivity index (χ3v) is 2.43. The molecule has 0 unspecified atom stereocenters. The molecule has 0 atom stereocenters. The van der Waals surface area contributed by atoms with Crippen LogP contribution in [0.15, 0.2) is 6.20 Å². The van der Waals surface area contributed by atoms with E-state index in [1.54, 1.807) is 6.20 Å². The maximum Gasteiger partial charge on any atom is 0.199 e. The van der Waals surface area contributed by atoms with Crippen molar-refractivity contribution in [2.45, 2.75) is 20.3 Å². The lowest BCUT2D eigenvalue weighted by molar-refractivity contribution is 0.0765. The molecule has 1 rings (SSSR count). The number of aromatic nitrogens is 1. The summed E-state index contributed by atoms with van der Waals surface area (Å²) in [5, 5.41) is 0.916. The van der Waals surface area contributed by atoms with Gasteiger partial charge < -0.3 is 4.74 Å². The number of ether oxygens (including phenoxy) is 1. The van der Waals surface area contributed by atoms with Crippen molar-refractivity contribution in [1.29, 1.82) is 0 Å². The lowest BCUT2D eigenvalue weighted by atomic mass is 10.4. The minimum Gasteiger partial charge on any atom is -0.373 e. The number of ketones is 1. The van der Waals surface area contributed by atoms with Gasteiger partial charge in [-0.2, -0.15) is 0 Å². The number of carbonyl (C=O) groups is 1. The highest BCUT2D eigenvalue weighted by Crippen LogP contribution is 2.11. The smallest absolute Gasteiger partial charge is 0.199 e. The van der Waals surface area contributed by atoms with Crippen LogP contribution in [0.25, 0.3) is 0 Å². The Hall–Kier alpha value is -0.740. The molecule has 1 heterocycles. The molecule has 0 aromatic carbocycles. The van der Waals surface area contributed by atoms with Gasteiger partial charge in [0.2, 0.25) is 0 Å². The van der Waals surface area contributed by atoms with Crippen molar-refractivity contribution in [3.63, 3.8) is 0 Å². The van der Waals surface area contributed by atoms with Crippen LogP contribution in [0.1, 0.15) is 28.0 Å². The van der Waals surface area contributed by atoms with E-state index in [2.05, 4.69) is 4.98 Å². The quantitative estimate of drug-likeness (QED) is 0.538. The number of carbonyl (C=O) groups excluding carboxylic acids is 1. The van der Waals surface area contributed by atoms with E-state index < -0.39 is 0 Å². The van der Waals surface area contributed by atoms with Gasteiger partial charge >= 0.3 is 0 Å². The van der Waals surface area contributed by atoms with Crippen LogP contribution in [0, 0.1) is 6.92 Å². The van der Waals surface area contributed by atoms with Gasteiger partial charge in [0.05, 0.1) is 9.88 Å². The van der Waals surface area contributed by atoms with Crippen LogP contribution in [0.4, 0.5) is 0 Å². The van der Waals surface area contributed by atoms with Crippen molar-refractivity contribution in [3.05, 3.63) is 16.1 Å². The first-order valence-electron chi connectivity index (χ1n) is 4.27. The monoisotopic (exact) mass is 199 g/mol. The Labute approximate surface area is 81.8 Å². The average Bonchev–Trinajstić information content (AvgIpc) is 2.52. The molecule has 72 valence electrons. The molecule has 0 saturated carbocycles. The topological polar surface area (TPSA) is 39.2 Å². The van der Waals surface area contributed by atoms with E-state index in [-0.39, 0.29) is 12.4 Å². The number of Topliss-reactive ketones (excluding diaryl/α,β-unsaturated/α-hetero) is 1. The van der Waals surface area contributed by atoms with Gasteiger partial charge in [-0.05, 0) is 13.3 Å². The maximum absolute atomic E-state index is 11.4. The zero-order valence-corrected chi connectivity index (χ0v) is 8.69. The summed E-state index contributed by atoms with van der Waals surface area (Å²) in [6, 6.07) is 0. The number of nitrogens with zero attached hydrogens (tertiary/aromatic N) is 1. The van der Waals surface area contributed by atoms with Crippen molar-refractivity contribution >= 4 is 17.1 Å². The third-order valence-electron chi connectivity index (χ3n) is 1.48. The SMILES string of the molecule is CCCOCC(=O)c1cnc(C)s1. The standard InChI is InChI=1S/C9H13NO2S/c1-3-4-12-6-8(11)9-5-10-7(2)13-9/h5H,3-4,6H2,1-2H3. The van der Waals surface area contributed by atoms with Gasteiger partial charge in [-0.1, -0.05) is 6.92 Å². The molecule has 3 nitrogen and oxygen atoms in total. The predicted molar refractivity (Wildman–Crippen MR) is 52.3 cm³/mol. The van der Waals surface area contributed by atoms with Crippen molar-refractivity contribution in [1.82, 2.24) is 4.98 Å². The first-order valence-corrected chi connectivity index (χ1v) is 5.09. The number of thiazole rings is 1. The van der Waals surface area contributed by atoms with Gasteiger partial charge in [-0.15, -0.1) is 11.3 Å². The highest BCUT2D eigenvalue weighted by atomic mass is 32.1. The summed E-state index contributed by atoms with van der Waals surface area (Å²) in [6.45, 7) is 4.72. The zero-order valence-electron chi connectivity index (χ0n) is 7.87. The minimum absolute atomic E-state index is 0.0269. The molecule has 1 aromatic rings. The Morgan fingerprint density at radius 2 is 2.46 bits per heavy atom. The van der Waals surface area contributed by atoms with Crippen molar-refractivity contribution < 1.29 is 9.53 Å². The molecule has 0 aliphatic carbocycles. The second-order valence-electron chi connectivity index (χ2n) is 2.72. The van der Waals surface area contributed by atoms with E-state index >= 15 is 0 Å². The normalized spacial score (nSPS) is 10.3. The van der Waals surface area contributed by atoms with Crippen LogP contribution < -0.4 is 0 Å². The Bertz CT molecular complexity index is 283. The number of aryl methyl sites for hydroxylation is 1. The van der Waals surface area contributed by atoms with Gasteiger partial charge in [-0.25, -0.2) is 4.98 Å². The van der Waals surface area contributed by atoms with Crippen LogP contribution in [0.3, 0.4) is 0 Å². The molecule has 0 saturated heterocycles. The summed E-state index contributed by atoms with van der Waals surface area (Å²) in [5.41, 5.74) is 0. The first-order chi connectivity index (χ1) is 6.24. The Morgan fingerprint density at radius 3 is 3.00 bits per heavy atom. The average molecular weight is 199 g/mol. The highest BCUT2D eigenvalue weighted by molar-refractivity contribution is 7.13. The fourth-order valence-electron chi connectivity index (χ4n) is 0.871. The molecule has 1 aromatic heterocycles. The van der Waals surface area contributed by atoms with Crippen LogP contribution in [-0.4, -0.2) is 24.0 Å². The molecule has 0 amide bonds. The molecule has 4 heteroatoms. The second kappa shape index (κ2) is 5.09. The molecule has 0 spiro atoms. The molecule has 0 bridgehead atoms. The van der Waals surface area contributed by atoms with Gasteiger partial charge in [-0.3, -0.25) is 4.79 Å². The van der Waals surface area contributed by atoms with E-state index in [1.807, 2.05) is 13.8 Å². The van der Waals surface area contributed by atoms with Crippen LogP contribution in [0.2, 0.25) is 0 Å². The van der Waals surface area contributed by atoms with Crippen LogP contribution in [0.5, 0.6) is 0 Å². The molecule has 0 fully saturated rings. The largest absolute Gasteiger partial charge is 0.373 e. The van der Waals surface area contributed by atoms with Crippen LogP contribution in [-0.2, 0) is 4.74 Å². The van der Waals surface area contributed by atoms with E-state index in [0.717, 1.165) is 11.4 Å². The van der Waals surface area contributed by atoms with Crippen LogP contribution >= 0.6 is 11.3 Å². The van der Waals surface area contributed by atoms with E-state index in [0.29, 0.717) is 11.5 Å². The van der Waals surface area contributed by atoms with Gasteiger partial charge in [0.1, 0.15) is 6.61 Å². The molecular weight excluding hydrogens is 186 g/mol. The van der Waals surface area contributed by atoms with Crippen molar-refractivity contribution in [3.8, 4) is 0 Å². The molecule has 0 radical (unpaired) electrons. The zero-order chi connectivity index (χ0) is 9.68. The number of hydrogen-bond donors (Lipinski definition) is 0. The predicted octanol–water partition coefficient (Wildman–Crippen LogP) is 2.06. The minimum atomic E-state index is 0.0269. The summed E-state index contributed by atoms with van der Waals surface area (Å²) in [6.07, 6.45) is 2.55. The Morgan fingerprint density at radius 1 is 1.69 bits per heavy atom. The molecule has 0 aliphatic rings. The highest BCUT2D eigenvalue weighted by Gasteiger charge is 2.08. The third kappa shape index (κ3) is 3.24. The Kier molecular flexibility index (Phi) is 4.05. The lowest BCUT2D eigenvalue weighted by Gasteiger charge is -1.98. The van der Waals surface area contributed by atoms with Gasteiger partial charge in [0.15, 0.2) is 5.78 Å². The molecular formula is C9H13NO2S. The molecule has 0 aliphatic heterocycles. The summed E-state index contributed by atoms with van der Waals surface area (Å²) >= 11 is 1.41. The van der Waals surface area contributed by atoms with Crippen molar-refractivity contribution in [2.24, 2.45) is 0 Å². The summed E-state index contributed by atoms with van der Waals surface area (Å²) in [5.74, 6) is 0.0269. The number of hydrogen-bond acceptors (Lipinski definition) is 4. The fourth-order valence-corrected chi connectivity index (χ4v) is 1.57. The summed E-state index contributed by atoms with van der Waals surface area (Å²) < 4.78 is 5.14. The van der Waals surface area contributed by atoms with Gasteiger partial charge in [0.25, 0.3) is 0 Å². The number of rotatable bonds is 5. The van der Waals surface area contributed by atoms with E-state index in [1.165, 1.54) is 11.3 Å². The summed E-state index contributed by atoms with van der Waals surface area (Å²) in [7, 11) is 0. The second-order valence-corrected chi connectivity index (χ2v) is 3.95. The molecule has 13 heavy (non-hydrogen) atoms. The van der Waals surface area contributed by atoms with Gasteiger partial charge in [0, 0.05) is 12.8 Å². The van der Waals surface area contributed by atoms with Crippen molar-refractivity contribution in [2.75, 3.05) is 13.2 Å². The molecule has 0 N–H and O–H groups in total. The lowest BCUT2D eigenvalue weighted by Crippen LogP contribution is -2.07. The summed E-state index contributed by atoms with van der Waals surface area (Å²) in [4.78, 5) is 16.1. The maximum atomic E-state index is 11.4. The fraction of sp³-hybridized carbons (Fsp3) is 0.556. The first kappa shape index (κ1) is 10.3. The van der Waals surface area contributed by atoms with E-state index in [4.69, 9.17) is 4.74 Å².